The molecule has 0 heterocycles. The molecule has 0 bridgehead atoms. The van der Waals surface area contributed by atoms with Crippen LogP contribution in [0.1, 0.15) is 38.5 Å². The summed E-state index contributed by atoms with van der Waals surface area (Å²) in [5.74, 6) is -1.85. The molecule has 4 heteroatoms. The zero-order valence-electron chi connectivity index (χ0n) is 8.61. The number of hydrogen-bond acceptors (Lipinski definition) is 4. The number of hydrogen-bond donors (Lipinski definition) is 2. The van der Waals surface area contributed by atoms with E-state index in [-0.39, 0.29) is 11.3 Å². The number of ketones is 2. The molecule has 2 N–H and O–H groups in total. The Hall–Kier alpha value is -0.740. The maximum absolute atomic E-state index is 11.6. The van der Waals surface area contributed by atoms with Crippen LogP contribution in [0.3, 0.4) is 0 Å². The molecule has 4 nitrogen and oxygen atoms in total. The maximum Gasteiger partial charge on any atom is 0.254 e. The summed E-state index contributed by atoms with van der Waals surface area (Å²) in [6, 6.07) is 0. The Bertz CT molecular complexity index is 289. The van der Waals surface area contributed by atoms with Gasteiger partial charge < -0.3 is 10.2 Å². The van der Waals surface area contributed by atoms with Gasteiger partial charge in [0.25, 0.3) is 5.78 Å². The number of carbonyl (C=O) groups excluding carboxylic acids is 2. The summed E-state index contributed by atoms with van der Waals surface area (Å²) in [4.78, 5) is 22.7. The van der Waals surface area contributed by atoms with E-state index < -0.39 is 17.9 Å². The van der Waals surface area contributed by atoms with Crippen LogP contribution in [0.25, 0.3) is 0 Å². The number of Topliss-reactive ketones (excluding diaryl/α,β-unsaturated/α-hetero) is 2. The standard InChI is InChI=1S/C11H16O4/c12-8(9(13)10(14)15)7-6-11(7)4-2-1-3-5-11/h7,10,14-15H,1-6H2/t7-/m1/s1. The molecule has 0 radical (unpaired) electrons. The molecule has 0 unspecified atom stereocenters. The zero-order valence-corrected chi connectivity index (χ0v) is 8.61. The normalized spacial score (nSPS) is 28.1. The van der Waals surface area contributed by atoms with Crippen LogP contribution < -0.4 is 0 Å². The molecule has 0 aromatic carbocycles. The SMILES string of the molecule is O=C(C(=O)[C@H]1CC12CCCCC2)C(O)O. The van der Waals surface area contributed by atoms with E-state index in [9.17, 15) is 9.59 Å². The molecule has 0 aromatic heterocycles. The quantitative estimate of drug-likeness (QED) is 0.524. The molecule has 2 rings (SSSR count). The lowest BCUT2D eigenvalue weighted by Crippen LogP contribution is -2.31. The third kappa shape index (κ3) is 1.84. The largest absolute Gasteiger partial charge is 0.362 e. The summed E-state index contributed by atoms with van der Waals surface area (Å²) in [5, 5.41) is 17.3. The third-order valence-electron chi connectivity index (χ3n) is 3.83. The van der Waals surface area contributed by atoms with Crippen molar-refractivity contribution in [1.29, 1.82) is 0 Å². The molecule has 0 amide bonds. The molecule has 15 heavy (non-hydrogen) atoms. The van der Waals surface area contributed by atoms with Crippen molar-refractivity contribution in [2.75, 3.05) is 0 Å². The summed E-state index contributed by atoms with van der Waals surface area (Å²) in [7, 11) is 0. The highest BCUT2D eigenvalue weighted by Gasteiger charge is 2.58. The highest BCUT2D eigenvalue weighted by atomic mass is 16.5. The Labute approximate surface area is 88.3 Å². The fourth-order valence-electron chi connectivity index (χ4n) is 2.83. The Morgan fingerprint density at radius 3 is 2.27 bits per heavy atom. The van der Waals surface area contributed by atoms with E-state index in [0.29, 0.717) is 0 Å². The number of aliphatic hydroxyl groups excluding tert-OH is 1. The van der Waals surface area contributed by atoms with Gasteiger partial charge in [-0.3, -0.25) is 9.59 Å². The van der Waals surface area contributed by atoms with E-state index >= 15 is 0 Å². The molecule has 84 valence electrons. The van der Waals surface area contributed by atoms with Gasteiger partial charge in [-0.2, -0.15) is 0 Å². The van der Waals surface area contributed by atoms with Crippen LogP contribution in [0, 0.1) is 11.3 Å². The second-order valence-corrected chi connectivity index (χ2v) is 4.78. The predicted octanol–water partition coefficient (Wildman–Crippen LogP) is 0.406. The maximum atomic E-state index is 11.6. The fourth-order valence-corrected chi connectivity index (χ4v) is 2.83. The minimum Gasteiger partial charge on any atom is -0.362 e. The van der Waals surface area contributed by atoms with Crippen LogP contribution in [0.5, 0.6) is 0 Å². The minimum absolute atomic E-state index is 0.0416. The van der Waals surface area contributed by atoms with Crippen molar-refractivity contribution in [2.45, 2.75) is 44.8 Å². The van der Waals surface area contributed by atoms with E-state index in [1.165, 1.54) is 6.42 Å². The van der Waals surface area contributed by atoms with Crippen molar-refractivity contribution < 1.29 is 19.8 Å². The first-order chi connectivity index (χ1) is 7.07. The fraction of sp³-hybridized carbons (Fsp3) is 0.818. The Morgan fingerprint density at radius 1 is 1.13 bits per heavy atom. The van der Waals surface area contributed by atoms with Crippen molar-refractivity contribution in [3.05, 3.63) is 0 Å². The predicted molar refractivity (Wildman–Crippen MR) is 51.9 cm³/mol. The van der Waals surface area contributed by atoms with E-state index in [4.69, 9.17) is 10.2 Å². The number of rotatable bonds is 3. The topological polar surface area (TPSA) is 74.6 Å². The van der Waals surface area contributed by atoms with Crippen LogP contribution in [0.4, 0.5) is 0 Å². The monoisotopic (exact) mass is 212 g/mol. The second-order valence-electron chi connectivity index (χ2n) is 4.78. The van der Waals surface area contributed by atoms with E-state index in [1.807, 2.05) is 0 Å². The molecule has 2 aliphatic rings. The molecule has 1 atom stereocenters. The Balaban J connectivity index is 1.97. The van der Waals surface area contributed by atoms with Crippen molar-refractivity contribution >= 4 is 11.6 Å². The summed E-state index contributed by atoms with van der Waals surface area (Å²) < 4.78 is 0. The number of carbonyl (C=O) groups is 2. The molecule has 1 spiro atoms. The molecule has 0 aromatic rings. The van der Waals surface area contributed by atoms with Crippen LogP contribution in [0.15, 0.2) is 0 Å². The Morgan fingerprint density at radius 2 is 1.73 bits per heavy atom. The van der Waals surface area contributed by atoms with Gasteiger partial charge in [0.05, 0.1) is 0 Å². The molecule has 2 aliphatic carbocycles. The zero-order chi connectivity index (χ0) is 11.1. The summed E-state index contributed by atoms with van der Waals surface area (Å²) in [6.45, 7) is 0. The molecular weight excluding hydrogens is 196 g/mol. The van der Waals surface area contributed by atoms with Gasteiger partial charge in [-0.05, 0) is 24.7 Å². The van der Waals surface area contributed by atoms with E-state index in [0.717, 1.165) is 32.1 Å². The van der Waals surface area contributed by atoms with Gasteiger partial charge in [0.1, 0.15) is 0 Å². The van der Waals surface area contributed by atoms with Crippen molar-refractivity contribution in [1.82, 2.24) is 0 Å². The van der Waals surface area contributed by atoms with Crippen LogP contribution in [-0.4, -0.2) is 28.1 Å². The van der Waals surface area contributed by atoms with Crippen LogP contribution in [-0.2, 0) is 9.59 Å². The van der Waals surface area contributed by atoms with E-state index in [1.54, 1.807) is 0 Å². The minimum atomic E-state index is -2.13. The van der Waals surface area contributed by atoms with Crippen LogP contribution >= 0.6 is 0 Å². The molecule has 0 saturated heterocycles. The third-order valence-corrected chi connectivity index (χ3v) is 3.83. The second kappa shape index (κ2) is 3.68. The van der Waals surface area contributed by atoms with Gasteiger partial charge in [-0.1, -0.05) is 19.3 Å². The first kappa shape index (κ1) is 10.8. The van der Waals surface area contributed by atoms with Gasteiger partial charge in [-0.25, -0.2) is 0 Å². The van der Waals surface area contributed by atoms with E-state index in [2.05, 4.69) is 0 Å². The molecule has 0 aliphatic heterocycles. The molecule has 2 saturated carbocycles. The summed E-state index contributed by atoms with van der Waals surface area (Å²) >= 11 is 0. The first-order valence-electron chi connectivity index (χ1n) is 5.51. The van der Waals surface area contributed by atoms with Gasteiger partial charge >= 0.3 is 0 Å². The van der Waals surface area contributed by atoms with Crippen molar-refractivity contribution in [2.24, 2.45) is 11.3 Å². The van der Waals surface area contributed by atoms with Gasteiger partial charge in [0.15, 0.2) is 0 Å². The summed E-state index contributed by atoms with van der Waals surface area (Å²) in [5.41, 5.74) is 0.0416. The average Bonchev–Trinajstić information content (AvgIpc) is 2.91. The highest BCUT2D eigenvalue weighted by molar-refractivity contribution is 6.39. The molecule has 2 fully saturated rings. The lowest BCUT2D eigenvalue weighted by atomic mass is 9.83. The average molecular weight is 212 g/mol. The lowest BCUT2D eigenvalue weighted by molar-refractivity contribution is -0.154. The number of aliphatic hydroxyl groups is 2. The molecular formula is C11H16O4. The smallest absolute Gasteiger partial charge is 0.254 e. The lowest BCUT2D eigenvalue weighted by Gasteiger charge is -2.21. The van der Waals surface area contributed by atoms with Gasteiger partial charge in [0, 0.05) is 5.92 Å². The van der Waals surface area contributed by atoms with Gasteiger partial charge in [0.2, 0.25) is 12.1 Å². The Kier molecular flexibility index (Phi) is 2.64. The van der Waals surface area contributed by atoms with Crippen LogP contribution in [0.2, 0.25) is 0 Å². The first-order valence-corrected chi connectivity index (χ1v) is 5.51. The van der Waals surface area contributed by atoms with Crippen molar-refractivity contribution in [3.63, 3.8) is 0 Å². The highest BCUT2D eigenvalue weighted by Crippen LogP contribution is 2.61. The summed E-state index contributed by atoms with van der Waals surface area (Å²) in [6.07, 6.45) is 4.12. The van der Waals surface area contributed by atoms with Crippen molar-refractivity contribution in [3.8, 4) is 0 Å². The van der Waals surface area contributed by atoms with Gasteiger partial charge in [-0.15, -0.1) is 0 Å².